The van der Waals surface area contributed by atoms with E-state index < -0.39 is 27.8 Å². The van der Waals surface area contributed by atoms with Crippen LogP contribution in [0.4, 0.5) is 0 Å². The Morgan fingerprint density at radius 1 is 1.29 bits per heavy atom. The van der Waals surface area contributed by atoms with Crippen LogP contribution in [0.25, 0.3) is 0 Å². The first-order valence-corrected chi connectivity index (χ1v) is 7.54. The Labute approximate surface area is 122 Å². The van der Waals surface area contributed by atoms with Crippen molar-refractivity contribution in [2.45, 2.75) is 17.4 Å². The summed E-state index contributed by atoms with van der Waals surface area (Å²) in [5.74, 6) is -2.02. The molecule has 0 aliphatic heterocycles. The summed E-state index contributed by atoms with van der Waals surface area (Å²) in [7, 11) is -3.73. The van der Waals surface area contributed by atoms with E-state index in [9.17, 15) is 18.0 Å². The molecule has 112 valence electrons. The molecule has 0 saturated heterocycles. The van der Waals surface area contributed by atoms with Gasteiger partial charge in [-0.3, -0.25) is 4.79 Å². The molecule has 0 heterocycles. The van der Waals surface area contributed by atoms with Gasteiger partial charge in [0.2, 0.25) is 5.91 Å². The second kappa shape index (κ2) is 7.39. The molecule has 7 heteroatoms. The van der Waals surface area contributed by atoms with Crippen LogP contribution in [0.3, 0.4) is 0 Å². The zero-order valence-electron chi connectivity index (χ0n) is 11.1. The van der Waals surface area contributed by atoms with E-state index in [2.05, 4.69) is 11.9 Å². The summed E-state index contributed by atoms with van der Waals surface area (Å²) < 4.78 is 23.8. The van der Waals surface area contributed by atoms with E-state index in [0.29, 0.717) is 0 Å². The van der Waals surface area contributed by atoms with Gasteiger partial charge in [-0.1, -0.05) is 24.3 Å². The van der Waals surface area contributed by atoms with Crippen molar-refractivity contribution in [2.24, 2.45) is 0 Å². The van der Waals surface area contributed by atoms with Crippen LogP contribution in [0.2, 0.25) is 0 Å². The summed E-state index contributed by atoms with van der Waals surface area (Å²) in [6.45, 7) is 3.39. The predicted octanol–water partition coefficient (Wildman–Crippen LogP) is 1.12. The highest BCUT2D eigenvalue weighted by molar-refractivity contribution is 7.94. The summed E-state index contributed by atoms with van der Waals surface area (Å²) >= 11 is 0. The van der Waals surface area contributed by atoms with Crippen LogP contribution in [0.5, 0.6) is 0 Å². The zero-order valence-corrected chi connectivity index (χ0v) is 11.9. The minimum absolute atomic E-state index is 0.0420. The van der Waals surface area contributed by atoms with E-state index in [4.69, 9.17) is 5.11 Å². The highest BCUT2D eigenvalue weighted by atomic mass is 32.2. The lowest BCUT2D eigenvalue weighted by atomic mass is 10.2. The first-order valence-electron chi connectivity index (χ1n) is 5.99. The summed E-state index contributed by atoms with van der Waals surface area (Å²) in [5, 5.41) is 11.8. The molecule has 1 aromatic rings. The lowest BCUT2D eigenvalue weighted by Crippen LogP contribution is -2.39. The molecular formula is C14H15NO5S. The molecule has 0 bridgehead atoms. The lowest BCUT2D eigenvalue weighted by molar-refractivity contribution is -0.141. The van der Waals surface area contributed by atoms with Gasteiger partial charge in [0.25, 0.3) is 0 Å². The fraction of sp³-hybridized carbons (Fsp3) is 0.143. The summed E-state index contributed by atoms with van der Waals surface area (Å²) in [6.07, 6.45) is 2.19. The number of amides is 1. The molecule has 0 saturated carbocycles. The quantitative estimate of drug-likeness (QED) is 0.580. The molecule has 21 heavy (non-hydrogen) atoms. The molecule has 2 N–H and O–H groups in total. The van der Waals surface area contributed by atoms with Crippen LogP contribution in [0.15, 0.2) is 59.4 Å². The third-order valence-electron chi connectivity index (χ3n) is 2.49. The second-order valence-corrected chi connectivity index (χ2v) is 5.92. The maximum absolute atomic E-state index is 11.9. The van der Waals surface area contributed by atoms with Crippen molar-refractivity contribution in [3.8, 4) is 0 Å². The molecule has 0 radical (unpaired) electrons. The van der Waals surface area contributed by atoms with Crippen LogP contribution >= 0.6 is 0 Å². The first-order chi connectivity index (χ1) is 9.86. The van der Waals surface area contributed by atoms with E-state index in [1.807, 2.05) is 0 Å². The van der Waals surface area contributed by atoms with Gasteiger partial charge in [-0.2, -0.15) is 0 Å². The fourth-order valence-electron chi connectivity index (χ4n) is 1.45. The van der Waals surface area contributed by atoms with Crippen molar-refractivity contribution in [3.63, 3.8) is 0 Å². The monoisotopic (exact) mass is 309 g/mol. The van der Waals surface area contributed by atoms with Crippen molar-refractivity contribution >= 4 is 21.7 Å². The molecule has 1 amide bonds. The third-order valence-corrected chi connectivity index (χ3v) is 3.91. The number of rotatable bonds is 7. The molecule has 0 aromatic heterocycles. The number of carbonyl (C=O) groups is 2. The number of carbonyl (C=O) groups excluding carboxylic acids is 1. The Morgan fingerprint density at radius 2 is 1.90 bits per heavy atom. The Kier molecular flexibility index (Phi) is 5.86. The van der Waals surface area contributed by atoms with Gasteiger partial charge in [0.15, 0.2) is 9.84 Å². The number of nitrogens with one attached hydrogen (secondary N) is 1. The van der Waals surface area contributed by atoms with Crippen molar-refractivity contribution in [2.75, 3.05) is 0 Å². The van der Waals surface area contributed by atoms with Crippen LogP contribution < -0.4 is 5.32 Å². The van der Waals surface area contributed by atoms with E-state index in [-0.39, 0.29) is 11.3 Å². The Morgan fingerprint density at radius 3 is 2.43 bits per heavy atom. The van der Waals surface area contributed by atoms with Gasteiger partial charge in [0, 0.05) is 11.5 Å². The SMILES string of the molecule is C=CCC(NC(=O)/C=C/S(=O)(=O)c1ccccc1)C(=O)O. The van der Waals surface area contributed by atoms with Crippen LogP contribution in [-0.2, 0) is 19.4 Å². The molecule has 0 aliphatic carbocycles. The standard InChI is InChI=1S/C14H15NO5S/c1-2-6-12(14(17)18)15-13(16)9-10-21(19,20)11-7-4-3-5-8-11/h2-5,7-10,12H,1,6H2,(H,15,16)(H,17,18)/b10-9+. The smallest absolute Gasteiger partial charge is 0.326 e. The molecule has 1 atom stereocenters. The van der Waals surface area contributed by atoms with E-state index >= 15 is 0 Å². The zero-order chi connectivity index (χ0) is 15.9. The minimum Gasteiger partial charge on any atom is -0.480 e. The van der Waals surface area contributed by atoms with Crippen molar-refractivity contribution in [1.82, 2.24) is 5.32 Å². The summed E-state index contributed by atoms with van der Waals surface area (Å²) in [4.78, 5) is 22.4. The van der Waals surface area contributed by atoms with Gasteiger partial charge in [-0.05, 0) is 18.6 Å². The molecule has 0 spiro atoms. The average Bonchev–Trinajstić information content (AvgIpc) is 2.45. The molecular weight excluding hydrogens is 294 g/mol. The van der Waals surface area contributed by atoms with Gasteiger partial charge >= 0.3 is 5.97 Å². The van der Waals surface area contributed by atoms with Gasteiger partial charge < -0.3 is 10.4 Å². The molecule has 1 aromatic carbocycles. The number of hydrogen-bond donors (Lipinski definition) is 2. The van der Waals surface area contributed by atoms with Gasteiger partial charge in [-0.15, -0.1) is 6.58 Å². The summed E-state index contributed by atoms with van der Waals surface area (Å²) in [5.41, 5.74) is 0. The van der Waals surface area contributed by atoms with Crippen molar-refractivity contribution in [3.05, 3.63) is 54.5 Å². The molecule has 6 nitrogen and oxygen atoms in total. The highest BCUT2D eigenvalue weighted by Crippen LogP contribution is 2.10. The number of sulfone groups is 1. The molecule has 1 unspecified atom stereocenters. The van der Waals surface area contributed by atoms with Crippen molar-refractivity contribution < 1.29 is 23.1 Å². The van der Waals surface area contributed by atoms with Crippen LogP contribution in [-0.4, -0.2) is 31.4 Å². The summed E-state index contributed by atoms with van der Waals surface area (Å²) in [6, 6.07) is 6.45. The van der Waals surface area contributed by atoms with Gasteiger partial charge in [0.1, 0.15) is 6.04 Å². The Hall–Kier alpha value is -2.41. The third kappa shape index (κ3) is 5.23. The Bertz CT molecular complexity index is 649. The van der Waals surface area contributed by atoms with Crippen LogP contribution in [0, 0.1) is 0 Å². The maximum atomic E-state index is 11.9. The topological polar surface area (TPSA) is 101 Å². The average molecular weight is 309 g/mol. The van der Waals surface area contributed by atoms with Gasteiger partial charge in [0.05, 0.1) is 4.90 Å². The minimum atomic E-state index is -3.73. The number of benzene rings is 1. The largest absolute Gasteiger partial charge is 0.480 e. The number of carboxylic acid groups (broad SMARTS) is 1. The second-order valence-electron chi connectivity index (χ2n) is 4.08. The number of hydrogen-bond acceptors (Lipinski definition) is 4. The van der Waals surface area contributed by atoms with Gasteiger partial charge in [-0.25, -0.2) is 13.2 Å². The predicted molar refractivity (Wildman–Crippen MR) is 77.1 cm³/mol. The maximum Gasteiger partial charge on any atom is 0.326 e. The highest BCUT2D eigenvalue weighted by Gasteiger charge is 2.17. The molecule has 0 aliphatic rings. The first kappa shape index (κ1) is 16.6. The molecule has 1 rings (SSSR count). The Balaban J connectivity index is 2.78. The fourth-order valence-corrected chi connectivity index (χ4v) is 2.44. The number of carboxylic acids is 1. The lowest BCUT2D eigenvalue weighted by Gasteiger charge is -2.10. The van der Waals surface area contributed by atoms with Crippen molar-refractivity contribution in [1.29, 1.82) is 0 Å². The molecule has 0 fully saturated rings. The van der Waals surface area contributed by atoms with E-state index in [0.717, 1.165) is 11.5 Å². The van der Waals surface area contributed by atoms with Crippen LogP contribution in [0.1, 0.15) is 6.42 Å². The normalized spacial score (nSPS) is 12.8. The van der Waals surface area contributed by atoms with E-state index in [1.165, 1.54) is 18.2 Å². The van der Waals surface area contributed by atoms with E-state index in [1.54, 1.807) is 18.2 Å². The number of aliphatic carboxylic acids is 1.